The van der Waals surface area contributed by atoms with E-state index in [9.17, 15) is 5.11 Å². The predicted molar refractivity (Wildman–Crippen MR) is 149 cm³/mol. The number of pyridine rings is 1. The van der Waals surface area contributed by atoms with Gasteiger partial charge in [-0.05, 0) is 55.8 Å². The van der Waals surface area contributed by atoms with E-state index in [0.717, 1.165) is 32.5 Å². The molecule has 0 aliphatic carbocycles. The Labute approximate surface area is 232 Å². The van der Waals surface area contributed by atoms with E-state index in [1.165, 1.54) is 12.4 Å². The zero-order chi connectivity index (χ0) is 27.0. The number of piperidine rings is 1. The van der Waals surface area contributed by atoms with Crippen LogP contribution in [-0.4, -0.2) is 45.9 Å². The first kappa shape index (κ1) is 26.7. The Bertz CT molecular complexity index is 1340. The van der Waals surface area contributed by atoms with Gasteiger partial charge in [0.1, 0.15) is 17.1 Å². The molecule has 1 spiro atoms. The summed E-state index contributed by atoms with van der Waals surface area (Å²) in [6.07, 6.45) is 3.58. The number of ether oxygens (including phenoxy) is 2. The zero-order valence-electron chi connectivity index (χ0n) is 21.1. The van der Waals surface area contributed by atoms with E-state index in [0.29, 0.717) is 55.9 Å². The van der Waals surface area contributed by atoms with Crippen molar-refractivity contribution in [2.45, 2.75) is 44.1 Å². The van der Waals surface area contributed by atoms with Gasteiger partial charge in [0.05, 0.1) is 21.9 Å². The van der Waals surface area contributed by atoms with Crippen molar-refractivity contribution in [2.24, 2.45) is 5.73 Å². The number of likely N-dealkylation sites (tertiary alicyclic amines) is 1. The van der Waals surface area contributed by atoms with E-state index in [-0.39, 0.29) is 11.3 Å². The smallest absolute Gasteiger partial charge is 0.177 e. The molecule has 1 fully saturated rings. The molecule has 0 bridgehead atoms. The van der Waals surface area contributed by atoms with Gasteiger partial charge in [-0.15, -0.1) is 0 Å². The monoisotopic (exact) mass is 555 g/mol. The van der Waals surface area contributed by atoms with E-state index in [2.05, 4.69) is 16.8 Å². The molecule has 2 aromatic carbocycles. The summed E-state index contributed by atoms with van der Waals surface area (Å²) in [5, 5.41) is 20.6. The Morgan fingerprint density at radius 2 is 1.92 bits per heavy atom. The number of aromatic nitrogens is 1. The Kier molecular flexibility index (Phi) is 7.53. The maximum atomic E-state index is 11.1. The van der Waals surface area contributed by atoms with Crippen molar-refractivity contribution >= 4 is 34.6 Å². The summed E-state index contributed by atoms with van der Waals surface area (Å²) in [4.78, 5) is 6.33. The van der Waals surface area contributed by atoms with Crippen LogP contribution in [-0.2, 0) is 0 Å². The van der Waals surface area contributed by atoms with E-state index in [1.807, 2.05) is 18.2 Å². The van der Waals surface area contributed by atoms with Crippen LogP contribution in [0.5, 0.6) is 11.5 Å². The van der Waals surface area contributed by atoms with Crippen LogP contribution in [0.1, 0.15) is 60.8 Å². The number of nitrogens with zero attached hydrogens (tertiary/aromatic N) is 2. The summed E-state index contributed by atoms with van der Waals surface area (Å²) < 4.78 is 12.4. The fourth-order valence-corrected chi connectivity index (χ4v) is 5.84. The Balaban J connectivity index is 1.37. The van der Waals surface area contributed by atoms with E-state index in [4.69, 9.17) is 49.6 Å². The van der Waals surface area contributed by atoms with Gasteiger partial charge in [-0.3, -0.25) is 16.1 Å². The van der Waals surface area contributed by atoms with Gasteiger partial charge >= 0.3 is 0 Å². The molecule has 2 aliphatic rings. The molecule has 3 heterocycles. The quantitative estimate of drug-likeness (QED) is 0.189. The summed E-state index contributed by atoms with van der Waals surface area (Å²) >= 11 is 12.4. The molecule has 6 N–H and O–H groups in total. The molecule has 2 atom stereocenters. The van der Waals surface area contributed by atoms with E-state index >= 15 is 0 Å². The largest absolute Gasteiger partial charge is 0.487 e. The normalized spacial score (nSPS) is 19.4. The highest BCUT2D eigenvalue weighted by molar-refractivity contribution is 6.35. The Morgan fingerprint density at radius 3 is 2.61 bits per heavy atom. The lowest BCUT2D eigenvalue weighted by Crippen LogP contribution is -2.50. The van der Waals surface area contributed by atoms with Crippen molar-refractivity contribution in [3.63, 3.8) is 0 Å². The Morgan fingerprint density at radius 1 is 1.21 bits per heavy atom. The molecule has 38 heavy (non-hydrogen) atoms. The van der Waals surface area contributed by atoms with Gasteiger partial charge in [0.15, 0.2) is 6.23 Å². The second-order valence-electron chi connectivity index (χ2n) is 9.87. The summed E-state index contributed by atoms with van der Waals surface area (Å²) in [5.74, 6) is 1.07. The molecule has 10 heteroatoms. The summed E-state index contributed by atoms with van der Waals surface area (Å²) in [6, 6.07) is 10.5. The number of nitrogens with two attached hydrogens (primary N) is 2. The minimum absolute atomic E-state index is 0.188. The van der Waals surface area contributed by atoms with Gasteiger partial charge in [0.25, 0.3) is 0 Å². The van der Waals surface area contributed by atoms with Gasteiger partial charge in [-0.2, -0.15) is 0 Å². The van der Waals surface area contributed by atoms with Crippen LogP contribution in [0.2, 0.25) is 10.0 Å². The maximum Gasteiger partial charge on any atom is 0.177 e. The number of hydrogen-bond donors (Lipinski definition) is 4. The second kappa shape index (κ2) is 10.7. The molecule has 1 unspecified atom stereocenters. The SMILES string of the molecule is CCN1CCC2(CC1)CC(O)c1cc(C(=N)c3cc(O[C@H](N)c4c(Cl)cncc4Cl)ccc3N)ccc1O2. The first-order valence-corrected chi connectivity index (χ1v) is 13.4. The van der Waals surface area contributed by atoms with Crippen molar-refractivity contribution in [3.8, 4) is 11.5 Å². The van der Waals surface area contributed by atoms with Gasteiger partial charge < -0.3 is 25.2 Å². The number of benzene rings is 2. The highest BCUT2D eigenvalue weighted by Crippen LogP contribution is 2.45. The lowest BCUT2D eigenvalue weighted by atomic mass is 9.81. The molecule has 0 amide bonds. The topological polar surface area (TPSA) is 131 Å². The molecule has 1 saturated heterocycles. The summed E-state index contributed by atoms with van der Waals surface area (Å²) in [6.45, 7) is 5.10. The van der Waals surface area contributed by atoms with Crippen LogP contribution >= 0.6 is 23.2 Å². The first-order chi connectivity index (χ1) is 18.2. The number of rotatable bonds is 6. The van der Waals surface area contributed by atoms with Crippen molar-refractivity contribution in [3.05, 3.63) is 81.1 Å². The third kappa shape index (κ3) is 5.19. The minimum Gasteiger partial charge on any atom is -0.487 e. The summed E-state index contributed by atoms with van der Waals surface area (Å²) in [5.41, 5.74) is 14.9. The van der Waals surface area contributed by atoms with Crippen molar-refractivity contribution in [1.82, 2.24) is 9.88 Å². The number of aliphatic hydroxyl groups excluding tert-OH is 1. The van der Waals surface area contributed by atoms with Gasteiger partial charge in [0, 0.05) is 59.8 Å². The average molecular weight is 556 g/mol. The fourth-order valence-electron chi connectivity index (χ4n) is 5.26. The van der Waals surface area contributed by atoms with Crippen LogP contribution in [0.15, 0.2) is 48.8 Å². The third-order valence-electron chi connectivity index (χ3n) is 7.50. The van der Waals surface area contributed by atoms with Crippen molar-refractivity contribution < 1.29 is 14.6 Å². The second-order valence-corrected chi connectivity index (χ2v) is 10.7. The highest BCUT2D eigenvalue weighted by atomic mass is 35.5. The maximum absolute atomic E-state index is 11.1. The molecule has 2 aliphatic heterocycles. The molecule has 5 rings (SSSR count). The van der Waals surface area contributed by atoms with Crippen LogP contribution in [0.3, 0.4) is 0 Å². The number of anilines is 1. The van der Waals surface area contributed by atoms with Crippen LogP contribution < -0.4 is 20.9 Å². The molecule has 8 nitrogen and oxygen atoms in total. The number of nitrogen functional groups attached to an aromatic ring is 1. The van der Waals surface area contributed by atoms with E-state index < -0.39 is 12.3 Å². The summed E-state index contributed by atoms with van der Waals surface area (Å²) in [7, 11) is 0. The zero-order valence-corrected chi connectivity index (χ0v) is 22.6. The number of nitrogens with one attached hydrogen (secondary N) is 1. The molecule has 1 aromatic heterocycles. The predicted octanol–water partition coefficient (Wildman–Crippen LogP) is 5.09. The van der Waals surface area contributed by atoms with Gasteiger partial charge in [0.2, 0.25) is 0 Å². The van der Waals surface area contributed by atoms with Crippen LogP contribution in [0, 0.1) is 5.41 Å². The number of fused-ring (bicyclic) bond motifs is 1. The van der Waals surface area contributed by atoms with Gasteiger partial charge in [-0.25, -0.2) is 0 Å². The lowest BCUT2D eigenvalue weighted by Gasteiger charge is -2.45. The first-order valence-electron chi connectivity index (χ1n) is 12.6. The fraction of sp³-hybridized carbons (Fsp3) is 0.357. The molecule has 0 saturated carbocycles. The molecular formula is C28H31Cl2N5O3. The standard InChI is InChI=1S/C28H31Cl2N5O3/c1-2-35-9-7-28(8-10-35)13-23(36)19-11-16(3-6-24(19)38-28)26(32)18-12-17(4-5-22(18)31)37-27(33)25-20(29)14-34-15-21(25)30/h3-6,11-12,14-15,23,27,32,36H,2,7-10,13,31,33H2,1H3/t23?,27-/m0/s1. The molecule has 200 valence electrons. The number of hydrogen-bond acceptors (Lipinski definition) is 8. The molecule has 0 radical (unpaired) electrons. The molecule has 3 aromatic rings. The minimum atomic E-state index is -0.948. The van der Waals surface area contributed by atoms with Gasteiger partial charge in [-0.1, -0.05) is 30.1 Å². The van der Waals surface area contributed by atoms with Crippen LogP contribution in [0.25, 0.3) is 0 Å². The average Bonchev–Trinajstić information content (AvgIpc) is 2.89. The van der Waals surface area contributed by atoms with Crippen LogP contribution in [0.4, 0.5) is 5.69 Å². The van der Waals surface area contributed by atoms with Crippen molar-refractivity contribution in [1.29, 1.82) is 5.41 Å². The lowest BCUT2D eigenvalue weighted by molar-refractivity contribution is -0.0531. The number of halogens is 2. The Hall–Kier alpha value is -2.88. The van der Waals surface area contributed by atoms with E-state index in [1.54, 1.807) is 18.2 Å². The molecular weight excluding hydrogens is 525 g/mol. The van der Waals surface area contributed by atoms with Crippen molar-refractivity contribution in [2.75, 3.05) is 25.4 Å². The number of aliphatic hydroxyl groups is 1. The highest BCUT2D eigenvalue weighted by Gasteiger charge is 2.42. The third-order valence-corrected chi connectivity index (χ3v) is 8.10.